The summed E-state index contributed by atoms with van der Waals surface area (Å²) in [6, 6.07) is 27.8. The summed E-state index contributed by atoms with van der Waals surface area (Å²) in [7, 11) is 0. The summed E-state index contributed by atoms with van der Waals surface area (Å²) in [5.41, 5.74) is 2.09. The van der Waals surface area contributed by atoms with Crippen molar-refractivity contribution in [1.82, 2.24) is 16.0 Å². The number of benzene rings is 4. The first kappa shape index (κ1) is 37.5. The van der Waals surface area contributed by atoms with Crippen molar-refractivity contribution < 1.29 is 24.2 Å². The minimum absolute atomic E-state index is 0.133. The van der Waals surface area contributed by atoms with Gasteiger partial charge in [-0.25, -0.2) is 0 Å². The van der Waals surface area contributed by atoms with Crippen molar-refractivity contribution in [3.63, 3.8) is 0 Å². The topological polar surface area (TPSA) is 117 Å². The fourth-order valence-electron chi connectivity index (χ4n) is 6.24. The molecule has 0 saturated carbocycles. The van der Waals surface area contributed by atoms with Crippen LogP contribution in [0, 0.1) is 17.8 Å². The van der Waals surface area contributed by atoms with E-state index < -0.39 is 30.2 Å². The number of amides is 3. The summed E-state index contributed by atoms with van der Waals surface area (Å²) in [5, 5.41) is 24.1. The molecule has 0 heterocycles. The zero-order valence-electron chi connectivity index (χ0n) is 29.6. The molecule has 0 bridgehead atoms. The van der Waals surface area contributed by atoms with Gasteiger partial charge in [0.15, 0.2) is 0 Å². The third-order valence-electron chi connectivity index (χ3n) is 9.16. The standard InChI is InChI=1S/C41H53N3O5/c1-6-28(5)26-42-38(46)25-37(45)36(22-27(3)4)43-40(48)41(49-7-2)44-39(47)33(23-31-18-12-16-29-14-8-10-20-34(29)31)24-32-19-13-17-30-15-9-11-21-35(30)32/h8-21,27-28,33,36-37,41,45H,6-7,22-26H2,1-5H3,(H,42,46)(H,43,48)(H,44,47)/t28-,36-,37+,41+/m0/s1. The first-order chi connectivity index (χ1) is 23.6. The van der Waals surface area contributed by atoms with Gasteiger partial charge in [-0.2, -0.15) is 0 Å². The minimum Gasteiger partial charge on any atom is -0.390 e. The molecule has 8 heteroatoms. The largest absolute Gasteiger partial charge is 0.390 e. The van der Waals surface area contributed by atoms with Gasteiger partial charge in [-0.3, -0.25) is 14.4 Å². The van der Waals surface area contributed by atoms with E-state index in [0.717, 1.165) is 39.1 Å². The molecule has 0 aliphatic rings. The van der Waals surface area contributed by atoms with Crippen molar-refractivity contribution in [2.75, 3.05) is 13.2 Å². The predicted octanol–water partition coefficient (Wildman–Crippen LogP) is 6.32. The van der Waals surface area contributed by atoms with Crippen LogP contribution in [0.25, 0.3) is 21.5 Å². The number of rotatable bonds is 18. The van der Waals surface area contributed by atoms with Gasteiger partial charge in [-0.05, 0) is 70.7 Å². The normalized spacial score (nSPS) is 14.0. The van der Waals surface area contributed by atoms with Gasteiger partial charge in [-0.1, -0.05) is 119 Å². The van der Waals surface area contributed by atoms with Gasteiger partial charge >= 0.3 is 0 Å². The summed E-state index contributed by atoms with van der Waals surface area (Å²) in [5.74, 6) is -1.19. The van der Waals surface area contributed by atoms with Crippen molar-refractivity contribution in [3.8, 4) is 0 Å². The molecule has 0 radical (unpaired) electrons. The van der Waals surface area contributed by atoms with E-state index in [1.54, 1.807) is 6.92 Å². The molecular weight excluding hydrogens is 614 g/mol. The summed E-state index contributed by atoms with van der Waals surface area (Å²) in [6.07, 6.45) is -0.229. The molecule has 0 unspecified atom stereocenters. The summed E-state index contributed by atoms with van der Waals surface area (Å²) >= 11 is 0. The molecule has 3 amide bonds. The van der Waals surface area contributed by atoms with Gasteiger partial charge in [0.25, 0.3) is 5.91 Å². The van der Waals surface area contributed by atoms with Gasteiger partial charge in [0.1, 0.15) is 0 Å². The highest BCUT2D eigenvalue weighted by atomic mass is 16.5. The third-order valence-corrected chi connectivity index (χ3v) is 9.16. The molecule has 0 spiro atoms. The van der Waals surface area contributed by atoms with Gasteiger partial charge < -0.3 is 25.8 Å². The van der Waals surface area contributed by atoms with Crippen molar-refractivity contribution >= 4 is 39.3 Å². The lowest BCUT2D eigenvalue weighted by molar-refractivity contribution is -0.143. The van der Waals surface area contributed by atoms with Gasteiger partial charge in [0.05, 0.1) is 18.6 Å². The monoisotopic (exact) mass is 667 g/mol. The van der Waals surface area contributed by atoms with E-state index in [1.165, 1.54) is 0 Å². The molecule has 4 rings (SSSR count). The quantitative estimate of drug-likeness (QED) is 0.0928. The molecule has 0 aromatic heterocycles. The van der Waals surface area contributed by atoms with Crippen LogP contribution in [0.5, 0.6) is 0 Å². The summed E-state index contributed by atoms with van der Waals surface area (Å²) in [4.78, 5) is 40.6. The van der Waals surface area contributed by atoms with E-state index in [-0.39, 0.29) is 30.8 Å². The Labute approximate surface area is 291 Å². The molecule has 8 nitrogen and oxygen atoms in total. The van der Waals surface area contributed by atoms with Crippen LogP contribution in [0.3, 0.4) is 0 Å². The van der Waals surface area contributed by atoms with Crippen LogP contribution in [-0.4, -0.2) is 54.4 Å². The number of aliphatic hydroxyl groups is 1. The highest BCUT2D eigenvalue weighted by molar-refractivity contribution is 5.91. The first-order valence-corrected chi connectivity index (χ1v) is 17.7. The Balaban J connectivity index is 1.56. The lowest BCUT2D eigenvalue weighted by atomic mass is 9.88. The van der Waals surface area contributed by atoms with Gasteiger partial charge in [0, 0.05) is 19.1 Å². The number of ether oxygens (including phenoxy) is 1. The third kappa shape index (κ3) is 10.9. The second kappa shape index (κ2) is 18.5. The maximum atomic E-state index is 14.2. The number of hydrogen-bond acceptors (Lipinski definition) is 5. The molecule has 49 heavy (non-hydrogen) atoms. The SMILES string of the molecule is CCO[C@@H](NC(=O)C(Cc1cccc2ccccc12)Cc1cccc2ccccc12)C(=O)N[C@@H](CC(C)C)[C@H](O)CC(=O)NC[C@@H](C)CC. The van der Waals surface area contributed by atoms with Crippen LogP contribution in [0.15, 0.2) is 84.9 Å². The Kier molecular flexibility index (Phi) is 14.2. The number of carbonyl (C=O) groups is 3. The molecule has 4 aromatic carbocycles. The van der Waals surface area contributed by atoms with Crippen molar-refractivity contribution in [2.24, 2.45) is 17.8 Å². The Morgan fingerprint density at radius 2 is 1.29 bits per heavy atom. The Bertz CT molecular complexity index is 1600. The zero-order chi connectivity index (χ0) is 35.3. The highest BCUT2D eigenvalue weighted by Crippen LogP contribution is 2.26. The Hall–Kier alpha value is -4.27. The second-order valence-electron chi connectivity index (χ2n) is 13.6. The van der Waals surface area contributed by atoms with Crippen LogP contribution in [0.1, 0.15) is 65.0 Å². The maximum absolute atomic E-state index is 14.2. The molecule has 0 aliphatic carbocycles. The Morgan fingerprint density at radius 3 is 1.82 bits per heavy atom. The highest BCUT2D eigenvalue weighted by Gasteiger charge is 2.31. The lowest BCUT2D eigenvalue weighted by Crippen LogP contribution is -2.55. The van der Waals surface area contributed by atoms with Crippen LogP contribution in [0.4, 0.5) is 0 Å². The zero-order valence-corrected chi connectivity index (χ0v) is 29.6. The van der Waals surface area contributed by atoms with E-state index in [4.69, 9.17) is 4.74 Å². The maximum Gasteiger partial charge on any atom is 0.270 e. The van der Waals surface area contributed by atoms with E-state index in [0.29, 0.717) is 31.7 Å². The van der Waals surface area contributed by atoms with Crippen LogP contribution < -0.4 is 16.0 Å². The van der Waals surface area contributed by atoms with E-state index in [1.807, 2.05) is 50.2 Å². The van der Waals surface area contributed by atoms with Crippen LogP contribution in [0.2, 0.25) is 0 Å². The minimum atomic E-state index is -1.28. The molecule has 4 aromatic rings. The summed E-state index contributed by atoms with van der Waals surface area (Å²) in [6.45, 7) is 10.6. The number of aliphatic hydroxyl groups excluding tert-OH is 1. The smallest absolute Gasteiger partial charge is 0.270 e. The average molecular weight is 668 g/mol. The number of carbonyl (C=O) groups excluding carboxylic acids is 3. The fourth-order valence-corrected chi connectivity index (χ4v) is 6.24. The van der Waals surface area contributed by atoms with Crippen LogP contribution >= 0.6 is 0 Å². The molecule has 0 aliphatic heterocycles. The van der Waals surface area contributed by atoms with Crippen molar-refractivity contribution in [2.45, 2.75) is 85.1 Å². The molecule has 262 valence electrons. The van der Waals surface area contributed by atoms with Crippen molar-refractivity contribution in [1.29, 1.82) is 0 Å². The first-order valence-electron chi connectivity index (χ1n) is 17.7. The van der Waals surface area contributed by atoms with Crippen LogP contribution in [-0.2, 0) is 32.0 Å². The number of fused-ring (bicyclic) bond motifs is 2. The second-order valence-corrected chi connectivity index (χ2v) is 13.6. The van der Waals surface area contributed by atoms with Gasteiger partial charge in [-0.15, -0.1) is 0 Å². The lowest BCUT2D eigenvalue weighted by Gasteiger charge is -2.28. The van der Waals surface area contributed by atoms with E-state index in [2.05, 4.69) is 78.3 Å². The Morgan fingerprint density at radius 1 is 0.735 bits per heavy atom. The van der Waals surface area contributed by atoms with Crippen molar-refractivity contribution in [3.05, 3.63) is 96.1 Å². The number of hydrogen-bond donors (Lipinski definition) is 4. The van der Waals surface area contributed by atoms with E-state index >= 15 is 0 Å². The van der Waals surface area contributed by atoms with Gasteiger partial charge in [0.2, 0.25) is 18.0 Å². The molecule has 0 fully saturated rings. The molecule has 0 saturated heterocycles. The molecular formula is C41H53N3O5. The average Bonchev–Trinajstić information content (AvgIpc) is 3.09. The molecule has 4 atom stereocenters. The van der Waals surface area contributed by atoms with E-state index in [9.17, 15) is 19.5 Å². The summed E-state index contributed by atoms with van der Waals surface area (Å²) < 4.78 is 5.80. The fraction of sp³-hybridized carbons (Fsp3) is 0.439. The number of nitrogens with one attached hydrogen (secondary N) is 3. The predicted molar refractivity (Wildman–Crippen MR) is 197 cm³/mol. The molecule has 4 N–H and O–H groups in total.